The van der Waals surface area contributed by atoms with Gasteiger partial charge in [0.1, 0.15) is 5.58 Å². The predicted octanol–water partition coefficient (Wildman–Crippen LogP) is 2.13. The van der Waals surface area contributed by atoms with Gasteiger partial charge < -0.3 is 14.1 Å². The highest BCUT2D eigenvalue weighted by molar-refractivity contribution is 5.85. The van der Waals surface area contributed by atoms with E-state index < -0.39 is 11.5 Å². The summed E-state index contributed by atoms with van der Waals surface area (Å²) in [4.78, 5) is 30.7. The fourth-order valence-corrected chi connectivity index (χ4v) is 2.72. The van der Waals surface area contributed by atoms with Gasteiger partial charge in [-0.25, -0.2) is 9.78 Å². The number of hydrogen-bond donors (Lipinski definition) is 1. The number of nitrogens with one attached hydrogen (secondary N) is 1. The van der Waals surface area contributed by atoms with E-state index in [1.165, 1.54) is 6.33 Å². The fourth-order valence-electron chi connectivity index (χ4n) is 2.72. The van der Waals surface area contributed by atoms with Crippen LogP contribution in [0.25, 0.3) is 11.0 Å². The van der Waals surface area contributed by atoms with Crippen LogP contribution in [-0.2, 0) is 0 Å². The Labute approximate surface area is 118 Å². The van der Waals surface area contributed by atoms with Crippen LogP contribution >= 0.6 is 0 Å². The number of ether oxygens (including phenoxy) is 1. The largest absolute Gasteiger partial charge is 0.437 e. The lowest BCUT2D eigenvalue weighted by atomic mass is 9.92. The zero-order valence-corrected chi connectivity index (χ0v) is 11.0. The Morgan fingerprint density at radius 2 is 2.00 bits per heavy atom. The SMILES string of the molecule is CC1c2c(nc[nH]c2=O)Oc2c1c(=O)oc1ccccc21. The second kappa shape index (κ2) is 4.05. The van der Waals surface area contributed by atoms with E-state index in [-0.39, 0.29) is 11.4 Å². The summed E-state index contributed by atoms with van der Waals surface area (Å²) >= 11 is 0. The first kappa shape index (κ1) is 11.9. The van der Waals surface area contributed by atoms with E-state index in [0.29, 0.717) is 27.8 Å². The van der Waals surface area contributed by atoms with E-state index in [1.54, 1.807) is 19.1 Å². The molecule has 3 heterocycles. The molecule has 0 bridgehead atoms. The molecule has 1 atom stereocenters. The van der Waals surface area contributed by atoms with Gasteiger partial charge in [-0.2, -0.15) is 0 Å². The van der Waals surface area contributed by atoms with Crippen LogP contribution in [0.4, 0.5) is 0 Å². The molecule has 0 fully saturated rings. The van der Waals surface area contributed by atoms with E-state index >= 15 is 0 Å². The highest BCUT2D eigenvalue weighted by Gasteiger charge is 2.32. The molecule has 0 saturated carbocycles. The molecular weight excluding hydrogens is 272 g/mol. The Kier molecular flexibility index (Phi) is 2.29. The molecule has 4 rings (SSSR count). The molecule has 21 heavy (non-hydrogen) atoms. The summed E-state index contributed by atoms with van der Waals surface area (Å²) < 4.78 is 11.0. The zero-order valence-electron chi connectivity index (χ0n) is 11.0. The lowest BCUT2D eigenvalue weighted by Gasteiger charge is -2.23. The molecular formula is C15H10N2O4. The Hall–Kier alpha value is -2.89. The van der Waals surface area contributed by atoms with Gasteiger partial charge in [-0.15, -0.1) is 0 Å². The Balaban J connectivity index is 2.12. The van der Waals surface area contributed by atoms with Gasteiger partial charge in [0.2, 0.25) is 5.88 Å². The van der Waals surface area contributed by atoms with Crippen molar-refractivity contribution >= 4 is 11.0 Å². The van der Waals surface area contributed by atoms with Crippen molar-refractivity contribution in [2.75, 3.05) is 0 Å². The Bertz CT molecular complexity index is 987. The number of H-pyrrole nitrogens is 1. The van der Waals surface area contributed by atoms with Crippen molar-refractivity contribution in [3.63, 3.8) is 0 Å². The second-order valence-electron chi connectivity index (χ2n) is 4.90. The summed E-state index contributed by atoms with van der Waals surface area (Å²) in [5.41, 5.74) is 0.324. The van der Waals surface area contributed by atoms with Crippen LogP contribution in [-0.4, -0.2) is 9.97 Å². The molecule has 0 radical (unpaired) electrons. The van der Waals surface area contributed by atoms with Crippen LogP contribution in [0.1, 0.15) is 24.0 Å². The molecule has 6 nitrogen and oxygen atoms in total. The summed E-state index contributed by atoms with van der Waals surface area (Å²) in [7, 11) is 0. The van der Waals surface area contributed by atoms with Crippen LogP contribution in [0, 0.1) is 0 Å². The molecule has 1 aromatic carbocycles. The van der Waals surface area contributed by atoms with Crippen LogP contribution in [0.2, 0.25) is 0 Å². The summed E-state index contributed by atoms with van der Waals surface area (Å²) in [5.74, 6) is 0.205. The molecule has 3 aromatic rings. The minimum Gasteiger partial charge on any atom is -0.437 e. The van der Waals surface area contributed by atoms with Crippen molar-refractivity contribution in [2.24, 2.45) is 0 Å². The highest BCUT2D eigenvalue weighted by Crippen LogP contribution is 2.42. The molecule has 1 N–H and O–H groups in total. The molecule has 0 amide bonds. The molecule has 1 unspecified atom stereocenters. The van der Waals surface area contributed by atoms with Crippen molar-refractivity contribution in [3.8, 4) is 11.6 Å². The summed E-state index contributed by atoms with van der Waals surface area (Å²) in [6, 6.07) is 7.12. The number of para-hydroxylation sites is 1. The molecule has 1 aliphatic heterocycles. The number of fused-ring (bicyclic) bond motifs is 4. The molecule has 0 aliphatic carbocycles. The van der Waals surface area contributed by atoms with Gasteiger partial charge in [-0.3, -0.25) is 4.79 Å². The van der Waals surface area contributed by atoms with Crippen molar-refractivity contribution in [1.82, 2.24) is 9.97 Å². The average Bonchev–Trinajstić information content (AvgIpc) is 2.47. The molecule has 104 valence electrons. The Morgan fingerprint density at radius 1 is 1.19 bits per heavy atom. The summed E-state index contributed by atoms with van der Waals surface area (Å²) in [5, 5.41) is 0.687. The average molecular weight is 282 g/mol. The number of rotatable bonds is 0. The number of benzene rings is 1. The molecule has 2 aromatic heterocycles. The van der Waals surface area contributed by atoms with Crippen molar-refractivity contribution in [3.05, 3.63) is 62.5 Å². The van der Waals surface area contributed by atoms with Gasteiger partial charge >= 0.3 is 5.63 Å². The fraction of sp³-hybridized carbons (Fsp3) is 0.133. The number of nitrogens with zero attached hydrogens (tertiary/aromatic N) is 1. The number of hydrogen-bond acceptors (Lipinski definition) is 5. The van der Waals surface area contributed by atoms with E-state index in [9.17, 15) is 9.59 Å². The summed E-state index contributed by atoms with van der Waals surface area (Å²) in [6.45, 7) is 1.77. The molecule has 0 spiro atoms. The maximum absolute atomic E-state index is 12.2. The Morgan fingerprint density at radius 3 is 2.86 bits per heavy atom. The van der Waals surface area contributed by atoms with Gasteiger partial charge in [0.25, 0.3) is 5.56 Å². The lowest BCUT2D eigenvalue weighted by molar-refractivity contribution is 0.417. The smallest absolute Gasteiger partial charge is 0.343 e. The quantitative estimate of drug-likeness (QED) is 0.638. The topological polar surface area (TPSA) is 85.2 Å². The maximum Gasteiger partial charge on any atom is 0.343 e. The maximum atomic E-state index is 12.2. The first-order valence-corrected chi connectivity index (χ1v) is 6.48. The zero-order chi connectivity index (χ0) is 14.6. The van der Waals surface area contributed by atoms with Gasteiger partial charge in [0.05, 0.1) is 22.8 Å². The van der Waals surface area contributed by atoms with Gasteiger partial charge in [-0.1, -0.05) is 19.1 Å². The lowest BCUT2D eigenvalue weighted by Crippen LogP contribution is -2.25. The van der Waals surface area contributed by atoms with Crippen molar-refractivity contribution in [2.45, 2.75) is 12.8 Å². The third-order valence-corrected chi connectivity index (χ3v) is 3.72. The first-order chi connectivity index (χ1) is 10.2. The summed E-state index contributed by atoms with van der Waals surface area (Å²) in [6.07, 6.45) is 1.28. The van der Waals surface area contributed by atoms with E-state index in [4.69, 9.17) is 9.15 Å². The van der Waals surface area contributed by atoms with Crippen LogP contribution in [0.15, 0.2) is 44.6 Å². The monoisotopic (exact) mass is 282 g/mol. The third-order valence-electron chi connectivity index (χ3n) is 3.72. The molecule has 6 heteroatoms. The van der Waals surface area contributed by atoms with Gasteiger partial charge in [-0.05, 0) is 12.1 Å². The van der Waals surface area contributed by atoms with Gasteiger partial charge in [0, 0.05) is 5.92 Å². The highest BCUT2D eigenvalue weighted by atomic mass is 16.5. The van der Waals surface area contributed by atoms with E-state index in [1.807, 2.05) is 12.1 Å². The van der Waals surface area contributed by atoms with Crippen LogP contribution in [0.3, 0.4) is 0 Å². The second-order valence-corrected chi connectivity index (χ2v) is 4.90. The minimum absolute atomic E-state index is 0.231. The van der Waals surface area contributed by atoms with E-state index in [2.05, 4.69) is 9.97 Å². The predicted molar refractivity (Wildman–Crippen MR) is 74.9 cm³/mol. The molecule has 1 aliphatic rings. The number of aromatic nitrogens is 2. The third kappa shape index (κ3) is 1.56. The van der Waals surface area contributed by atoms with Crippen molar-refractivity contribution in [1.29, 1.82) is 0 Å². The normalized spacial score (nSPS) is 16.1. The molecule has 0 saturated heterocycles. The first-order valence-electron chi connectivity index (χ1n) is 6.48. The minimum atomic E-state index is -0.495. The van der Waals surface area contributed by atoms with E-state index in [0.717, 1.165) is 0 Å². The van der Waals surface area contributed by atoms with Crippen LogP contribution < -0.4 is 15.9 Å². The number of aromatic amines is 1. The van der Waals surface area contributed by atoms with Crippen molar-refractivity contribution < 1.29 is 9.15 Å². The van der Waals surface area contributed by atoms with Gasteiger partial charge in [0.15, 0.2) is 5.75 Å². The van der Waals surface area contributed by atoms with Crippen LogP contribution in [0.5, 0.6) is 11.6 Å². The standard InChI is InChI=1S/C15H10N2O4/c1-7-10-12(21-14-11(7)13(18)16-6-17-14)8-4-2-3-5-9(8)20-15(10)19/h2-7H,1H3,(H,16,17,18).